The highest BCUT2D eigenvalue weighted by Gasteiger charge is 2.22. The van der Waals surface area contributed by atoms with Gasteiger partial charge in [-0.1, -0.05) is 0 Å². The maximum atomic E-state index is 8.80. The molecule has 0 saturated carbocycles. The topological polar surface area (TPSA) is 39.1 Å². The fraction of sp³-hybridized carbons (Fsp3) is 0.900. The third-order valence-electron chi connectivity index (χ3n) is 2.78. The second-order valence-electron chi connectivity index (χ2n) is 3.87. The zero-order valence-corrected chi connectivity index (χ0v) is 8.58. The van der Waals surface area contributed by atoms with E-state index in [4.69, 9.17) is 5.26 Å². The Labute approximate surface area is 80.7 Å². The summed E-state index contributed by atoms with van der Waals surface area (Å²) in [7, 11) is 1.99. The van der Waals surface area contributed by atoms with Crippen LogP contribution in [-0.4, -0.2) is 37.6 Å². The molecule has 74 valence electrons. The normalized spacial score (nSPS) is 26.7. The minimum Gasteiger partial charge on any atom is -0.319 e. The number of rotatable bonds is 3. The molecule has 1 aliphatic heterocycles. The smallest absolute Gasteiger partial charge is 0.0949 e. The molecule has 0 aromatic carbocycles. The Bertz CT molecular complexity index is 183. The van der Waals surface area contributed by atoms with Crippen LogP contribution in [-0.2, 0) is 0 Å². The second kappa shape index (κ2) is 5.21. The van der Waals surface area contributed by atoms with Crippen LogP contribution in [0.1, 0.15) is 19.8 Å². The van der Waals surface area contributed by atoms with Crippen LogP contribution in [0, 0.1) is 17.2 Å². The molecule has 1 rings (SSSR count). The van der Waals surface area contributed by atoms with Crippen LogP contribution in [0.4, 0.5) is 0 Å². The van der Waals surface area contributed by atoms with Gasteiger partial charge >= 0.3 is 0 Å². The van der Waals surface area contributed by atoms with Crippen LogP contribution in [0.25, 0.3) is 0 Å². The average Bonchev–Trinajstić information content (AvgIpc) is 2.18. The van der Waals surface area contributed by atoms with Gasteiger partial charge in [-0.15, -0.1) is 0 Å². The standard InChI is InChI=1S/C10H19N3/c1-9(6-11)13-5-3-4-10(8-13)7-12-2/h9-10,12H,3-5,7-8H2,1-2H3. The molecule has 0 bridgehead atoms. The Kier molecular flexibility index (Phi) is 4.20. The third kappa shape index (κ3) is 2.98. The molecule has 3 heteroatoms. The van der Waals surface area contributed by atoms with E-state index in [1.165, 1.54) is 12.8 Å². The number of nitriles is 1. The van der Waals surface area contributed by atoms with Crippen molar-refractivity contribution in [3.8, 4) is 6.07 Å². The summed E-state index contributed by atoms with van der Waals surface area (Å²) in [4.78, 5) is 2.28. The van der Waals surface area contributed by atoms with Crippen LogP contribution < -0.4 is 5.32 Å². The summed E-state index contributed by atoms with van der Waals surface area (Å²) in [5.74, 6) is 0.731. The zero-order valence-electron chi connectivity index (χ0n) is 8.58. The van der Waals surface area contributed by atoms with Gasteiger partial charge in [0.1, 0.15) is 0 Å². The molecule has 1 saturated heterocycles. The van der Waals surface area contributed by atoms with Gasteiger partial charge in [0.15, 0.2) is 0 Å². The predicted octanol–water partition coefficient (Wildman–Crippen LogP) is 0.830. The molecule has 0 radical (unpaired) electrons. The molecule has 1 heterocycles. The van der Waals surface area contributed by atoms with E-state index >= 15 is 0 Å². The molecule has 1 N–H and O–H groups in total. The molecule has 0 aromatic rings. The first-order valence-corrected chi connectivity index (χ1v) is 5.06. The van der Waals surface area contributed by atoms with Crippen LogP contribution in [0.3, 0.4) is 0 Å². The van der Waals surface area contributed by atoms with E-state index in [9.17, 15) is 0 Å². The fourth-order valence-corrected chi connectivity index (χ4v) is 1.99. The van der Waals surface area contributed by atoms with Crippen LogP contribution in [0.2, 0.25) is 0 Å². The number of nitrogens with one attached hydrogen (secondary N) is 1. The summed E-state index contributed by atoms with van der Waals surface area (Å²) in [5, 5.41) is 12.0. The summed E-state index contributed by atoms with van der Waals surface area (Å²) >= 11 is 0. The van der Waals surface area contributed by atoms with Gasteiger partial charge in [0.25, 0.3) is 0 Å². The lowest BCUT2D eigenvalue weighted by atomic mass is 9.97. The molecule has 0 aliphatic carbocycles. The summed E-state index contributed by atoms with van der Waals surface area (Å²) in [6.07, 6.45) is 2.54. The molecule has 0 amide bonds. The first-order valence-electron chi connectivity index (χ1n) is 5.06. The molecule has 2 unspecified atom stereocenters. The molecule has 0 spiro atoms. The summed E-state index contributed by atoms with van der Waals surface area (Å²) < 4.78 is 0. The first kappa shape index (κ1) is 10.5. The van der Waals surface area contributed by atoms with Crippen molar-refractivity contribution in [1.29, 1.82) is 5.26 Å². The largest absolute Gasteiger partial charge is 0.319 e. The lowest BCUT2D eigenvalue weighted by Gasteiger charge is -2.34. The summed E-state index contributed by atoms with van der Waals surface area (Å²) in [5.41, 5.74) is 0. The molecule has 3 nitrogen and oxygen atoms in total. The van der Waals surface area contributed by atoms with Gasteiger partial charge in [-0.2, -0.15) is 5.26 Å². The van der Waals surface area contributed by atoms with Gasteiger partial charge in [0, 0.05) is 6.54 Å². The van der Waals surface area contributed by atoms with Crippen molar-refractivity contribution in [2.45, 2.75) is 25.8 Å². The number of nitrogens with zero attached hydrogens (tertiary/aromatic N) is 2. The Balaban J connectivity index is 2.38. The monoisotopic (exact) mass is 181 g/mol. The van der Waals surface area contributed by atoms with E-state index in [0.717, 1.165) is 25.6 Å². The maximum Gasteiger partial charge on any atom is 0.0949 e. The highest BCUT2D eigenvalue weighted by atomic mass is 15.2. The van der Waals surface area contributed by atoms with E-state index in [1.807, 2.05) is 14.0 Å². The van der Waals surface area contributed by atoms with Crippen LogP contribution >= 0.6 is 0 Å². The van der Waals surface area contributed by atoms with Gasteiger partial charge in [0.05, 0.1) is 12.1 Å². The van der Waals surface area contributed by atoms with Crippen molar-refractivity contribution in [3.05, 3.63) is 0 Å². The van der Waals surface area contributed by atoms with Crippen LogP contribution in [0.5, 0.6) is 0 Å². The second-order valence-corrected chi connectivity index (χ2v) is 3.87. The Morgan fingerprint density at radius 3 is 3.08 bits per heavy atom. The highest BCUT2D eigenvalue weighted by Crippen LogP contribution is 2.17. The van der Waals surface area contributed by atoms with Gasteiger partial charge in [-0.25, -0.2) is 0 Å². The minimum absolute atomic E-state index is 0.0830. The van der Waals surface area contributed by atoms with E-state index in [1.54, 1.807) is 0 Å². The highest BCUT2D eigenvalue weighted by molar-refractivity contribution is 4.90. The zero-order chi connectivity index (χ0) is 9.68. The molecule has 0 aromatic heterocycles. The lowest BCUT2D eigenvalue weighted by molar-refractivity contribution is 0.155. The fourth-order valence-electron chi connectivity index (χ4n) is 1.99. The number of hydrogen-bond donors (Lipinski definition) is 1. The average molecular weight is 181 g/mol. The first-order chi connectivity index (χ1) is 6.27. The molecular weight excluding hydrogens is 162 g/mol. The van der Waals surface area contributed by atoms with E-state index in [0.29, 0.717) is 0 Å². The van der Waals surface area contributed by atoms with Crippen molar-refractivity contribution in [2.24, 2.45) is 5.92 Å². The van der Waals surface area contributed by atoms with Gasteiger partial charge in [-0.05, 0) is 45.8 Å². The molecular formula is C10H19N3. The Morgan fingerprint density at radius 2 is 2.46 bits per heavy atom. The summed E-state index contributed by atoms with van der Waals surface area (Å²) in [6, 6.07) is 2.39. The third-order valence-corrected chi connectivity index (χ3v) is 2.78. The molecule has 2 atom stereocenters. The number of likely N-dealkylation sites (tertiary alicyclic amines) is 1. The van der Waals surface area contributed by atoms with E-state index < -0.39 is 0 Å². The minimum atomic E-state index is 0.0830. The van der Waals surface area contributed by atoms with Gasteiger partial charge in [0.2, 0.25) is 0 Å². The van der Waals surface area contributed by atoms with Crippen LogP contribution in [0.15, 0.2) is 0 Å². The number of hydrogen-bond acceptors (Lipinski definition) is 3. The van der Waals surface area contributed by atoms with Crippen molar-refractivity contribution in [3.63, 3.8) is 0 Å². The maximum absolute atomic E-state index is 8.80. The van der Waals surface area contributed by atoms with Crippen molar-refractivity contribution < 1.29 is 0 Å². The Morgan fingerprint density at radius 1 is 1.69 bits per heavy atom. The van der Waals surface area contributed by atoms with Gasteiger partial charge < -0.3 is 5.32 Å². The van der Waals surface area contributed by atoms with Gasteiger partial charge in [-0.3, -0.25) is 4.90 Å². The predicted molar refractivity (Wildman–Crippen MR) is 53.3 cm³/mol. The SMILES string of the molecule is CNCC1CCCN(C(C)C#N)C1. The molecule has 1 aliphatic rings. The molecule has 1 fully saturated rings. The Hall–Kier alpha value is -0.590. The van der Waals surface area contributed by atoms with Crippen molar-refractivity contribution in [2.75, 3.05) is 26.7 Å². The quantitative estimate of drug-likeness (QED) is 0.701. The van der Waals surface area contributed by atoms with E-state index in [2.05, 4.69) is 16.3 Å². The van der Waals surface area contributed by atoms with Crippen molar-refractivity contribution in [1.82, 2.24) is 10.2 Å². The molecule has 13 heavy (non-hydrogen) atoms. The lowest BCUT2D eigenvalue weighted by Crippen LogP contribution is -2.43. The van der Waals surface area contributed by atoms with E-state index in [-0.39, 0.29) is 6.04 Å². The van der Waals surface area contributed by atoms with Crippen molar-refractivity contribution >= 4 is 0 Å². The number of piperidine rings is 1. The summed E-state index contributed by atoms with van der Waals surface area (Å²) in [6.45, 7) is 5.24.